The molecule has 8 nitrogen and oxygen atoms in total. The quantitative estimate of drug-likeness (QED) is 0.295. The Kier molecular flexibility index (Phi) is 8.28. The third kappa shape index (κ3) is 5.89. The number of hydrogen-bond donors (Lipinski definition) is 1. The number of imidazole rings is 1. The molecule has 0 aliphatic carbocycles. The summed E-state index contributed by atoms with van der Waals surface area (Å²) in [4.78, 5) is 17.5. The summed E-state index contributed by atoms with van der Waals surface area (Å²) < 4.78 is 23.8. The molecule has 1 heterocycles. The van der Waals surface area contributed by atoms with Crippen molar-refractivity contribution in [1.82, 2.24) is 14.9 Å². The normalized spacial score (nSPS) is 10.8. The number of aromatic nitrogens is 2. The SMILES string of the molecule is COc1ccc(OCCCn2c(CCNC(=O)c3ccc(OC)c(OC)c3)nc3ccccc32)cc1. The smallest absolute Gasteiger partial charge is 0.251 e. The van der Waals surface area contributed by atoms with Crippen molar-refractivity contribution in [2.45, 2.75) is 19.4 Å². The Hall–Kier alpha value is -4.20. The van der Waals surface area contributed by atoms with E-state index in [4.69, 9.17) is 23.9 Å². The van der Waals surface area contributed by atoms with Gasteiger partial charge in [0.25, 0.3) is 5.91 Å². The van der Waals surface area contributed by atoms with Gasteiger partial charge >= 0.3 is 0 Å². The molecule has 4 aromatic rings. The summed E-state index contributed by atoms with van der Waals surface area (Å²) in [5, 5.41) is 2.98. The molecule has 0 unspecified atom stereocenters. The minimum atomic E-state index is -0.175. The van der Waals surface area contributed by atoms with E-state index in [1.165, 1.54) is 0 Å². The third-order valence-electron chi connectivity index (χ3n) is 5.87. The second-order valence-electron chi connectivity index (χ2n) is 8.12. The molecule has 1 N–H and O–H groups in total. The van der Waals surface area contributed by atoms with Crippen molar-refractivity contribution < 1.29 is 23.7 Å². The van der Waals surface area contributed by atoms with Crippen molar-refractivity contribution in [3.8, 4) is 23.0 Å². The zero-order valence-corrected chi connectivity index (χ0v) is 20.8. The molecule has 0 bridgehead atoms. The van der Waals surface area contributed by atoms with Crippen molar-refractivity contribution in [2.75, 3.05) is 34.5 Å². The van der Waals surface area contributed by atoms with Gasteiger partial charge in [-0.25, -0.2) is 4.98 Å². The first-order chi connectivity index (χ1) is 17.6. The van der Waals surface area contributed by atoms with Gasteiger partial charge in [-0.05, 0) is 61.0 Å². The molecule has 1 amide bonds. The highest BCUT2D eigenvalue weighted by Gasteiger charge is 2.13. The van der Waals surface area contributed by atoms with Crippen LogP contribution in [0.25, 0.3) is 11.0 Å². The van der Waals surface area contributed by atoms with Crippen molar-refractivity contribution in [2.24, 2.45) is 0 Å². The second-order valence-corrected chi connectivity index (χ2v) is 8.12. The summed E-state index contributed by atoms with van der Waals surface area (Å²) in [5.74, 6) is 3.46. The minimum absolute atomic E-state index is 0.175. The van der Waals surface area contributed by atoms with Gasteiger partial charge in [-0.1, -0.05) is 12.1 Å². The van der Waals surface area contributed by atoms with Crippen LogP contribution >= 0.6 is 0 Å². The Morgan fingerprint density at radius 3 is 2.39 bits per heavy atom. The maximum absolute atomic E-state index is 12.7. The van der Waals surface area contributed by atoms with Crippen LogP contribution in [-0.4, -0.2) is 49.9 Å². The standard InChI is InChI=1S/C28H31N3O5/c1-33-21-10-12-22(13-11-21)36-18-6-17-31-24-8-5-4-7-23(24)30-27(31)15-16-29-28(32)20-9-14-25(34-2)26(19-20)35-3/h4-5,7-14,19H,6,15-18H2,1-3H3,(H,29,32). The van der Waals surface area contributed by atoms with E-state index in [2.05, 4.69) is 16.0 Å². The molecule has 0 radical (unpaired) electrons. The average molecular weight is 490 g/mol. The number of carbonyl (C=O) groups is 1. The molecule has 0 fully saturated rings. The summed E-state index contributed by atoms with van der Waals surface area (Å²) in [6.07, 6.45) is 1.42. The molecular formula is C28H31N3O5. The van der Waals surface area contributed by atoms with Crippen molar-refractivity contribution in [1.29, 1.82) is 0 Å². The number of rotatable bonds is 12. The van der Waals surface area contributed by atoms with Crippen LogP contribution in [0.15, 0.2) is 66.7 Å². The van der Waals surface area contributed by atoms with E-state index >= 15 is 0 Å². The second kappa shape index (κ2) is 12.0. The van der Waals surface area contributed by atoms with Crippen LogP contribution in [0.3, 0.4) is 0 Å². The van der Waals surface area contributed by atoms with Gasteiger partial charge in [0.15, 0.2) is 11.5 Å². The Bertz CT molecular complexity index is 1300. The number of amides is 1. The number of nitrogens with one attached hydrogen (secondary N) is 1. The predicted molar refractivity (Wildman–Crippen MR) is 138 cm³/mol. The first kappa shape index (κ1) is 24.9. The fourth-order valence-corrected chi connectivity index (χ4v) is 4.02. The van der Waals surface area contributed by atoms with Crippen LogP contribution in [0.2, 0.25) is 0 Å². The zero-order chi connectivity index (χ0) is 25.3. The molecule has 8 heteroatoms. The van der Waals surface area contributed by atoms with E-state index in [1.807, 2.05) is 42.5 Å². The van der Waals surface area contributed by atoms with Crippen LogP contribution in [0, 0.1) is 0 Å². The maximum Gasteiger partial charge on any atom is 0.251 e. The lowest BCUT2D eigenvalue weighted by Crippen LogP contribution is -2.26. The summed E-state index contributed by atoms with van der Waals surface area (Å²) in [6, 6.07) is 20.7. The lowest BCUT2D eigenvalue weighted by atomic mass is 10.2. The highest BCUT2D eigenvalue weighted by atomic mass is 16.5. The molecule has 3 aromatic carbocycles. The first-order valence-electron chi connectivity index (χ1n) is 11.8. The molecule has 36 heavy (non-hydrogen) atoms. The molecule has 188 valence electrons. The first-order valence-corrected chi connectivity index (χ1v) is 11.8. The molecular weight excluding hydrogens is 458 g/mol. The summed E-state index contributed by atoms with van der Waals surface area (Å²) in [6.45, 7) is 1.79. The van der Waals surface area contributed by atoms with Gasteiger partial charge in [-0.2, -0.15) is 0 Å². The van der Waals surface area contributed by atoms with E-state index in [0.29, 0.717) is 36.6 Å². The van der Waals surface area contributed by atoms with Gasteiger partial charge in [0.05, 0.1) is 39.0 Å². The predicted octanol–water partition coefficient (Wildman–Crippen LogP) is 4.50. The number of para-hydroxylation sites is 2. The third-order valence-corrected chi connectivity index (χ3v) is 5.87. The van der Waals surface area contributed by atoms with Crippen LogP contribution < -0.4 is 24.3 Å². The number of carbonyl (C=O) groups excluding carboxylic acids is 1. The van der Waals surface area contributed by atoms with Gasteiger partial charge in [0.1, 0.15) is 17.3 Å². The molecule has 0 saturated heterocycles. The molecule has 4 rings (SSSR count). The summed E-state index contributed by atoms with van der Waals surface area (Å²) >= 11 is 0. The number of fused-ring (bicyclic) bond motifs is 1. The van der Waals surface area contributed by atoms with Crippen LogP contribution in [0.5, 0.6) is 23.0 Å². The van der Waals surface area contributed by atoms with Gasteiger partial charge in [0.2, 0.25) is 0 Å². The average Bonchev–Trinajstić information content (AvgIpc) is 3.28. The van der Waals surface area contributed by atoms with Gasteiger partial charge < -0.3 is 28.8 Å². The molecule has 0 saturated carbocycles. The number of ether oxygens (including phenoxy) is 4. The maximum atomic E-state index is 12.7. The van der Waals surface area contributed by atoms with Gasteiger partial charge in [-0.15, -0.1) is 0 Å². The van der Waals surface area contributed by atoms with Gasteiger partial charge in [-0.3, -0.25) is 4.79 Å². The van der Waals surface area contributed by atoms with Crippen LogP contribution in [-0.2, 0) is 13.0 Å². The number of methoxy groups -OCH3 is 3. The molecule has 1 aromatic heterocycles. The van der Waals surface area contributed by atoms with Crippen molar-refractivity contribution in [3.63, 3.8) is 0 Å². The molecule has 0 aliphatic rings. The lowest BCUT2D eigenvalue weighted by Gasteiger charge is -2.12. The van der Waals surface area contributed by atoms with E-state index in [1.54, 1.807) is 39.5 Å². The van der Waals surface area contributed by atoms with Crippen molar-refractivity contribution in [3.05, 3.63) is 78.1 Å². The van der Waals surface area contributed by atoms with E-state index in [-0.39, 0.29) is 5.91 Å². The van der Waals surface area contributed by atoms with Crippen LogP contribution in [0.4, 0.5) is 0 Å². The minimum Gasteiger partial charge on any atom is -0.497 e. The Morgan fingerprint density at radius 2 is 1.64 bits per heavy atom. The molecule has 0 atom stereocenters. The molecule has 0 aliphatic heterocycles. The number of benzene rings is 3. The van der Waals surface area contributed by atoms with E-state index in [0.717, 1.165) is 41.3 Å². The zero-order valence-electron chi connectivity index (χ0n) is 20.8. The Labute approximate surface area is 210 Å². The lowest BCUT2D eigenvalue weighted by molar-refractivity contribution is 0.0953. The number of hydrogen-bond acceptors (Lipinski definition) is 6. The Morgan fingerprint density at radius 1 is 0.889 bits per heavy atom. The fourth-order valence-electron chi connectivity index (χ4n) is 4.02. The van der Waals surface area contributed by atoms with Crippen LogP contribution in [0.1, 0.15) is 22.6 Å². The number of aryl methyl sites for hydroxylation is 1. The van der Waals surface area contributed by atoms with E-state index < -0.39 is 0 Å². The highest BCUT2D eigenvalue weighted by molar-refractivity contribution is 5.94. The monoisotopic (exact) mass is 489 g/mol. The fraction of sp³-hybridized carbons (Fsp3) is 0.286. The highest BCUT2D eigenvalue weighted by Crippen LogP contribution is 2.27. The van der Waals surface area contributed by atoms with Gasteiger partial charge in [0, 0.05) is 25.1 Å². The topological polar surface area (TPSA) is 83.8 Å². The van der Waals surface area contributed by atoms with E-state index in [9.17, 15) is 4.79 Å². The number of nitrogens with zero attached hydrogens (tertiary/aromatic N) is 2. The van der Waals surface area contributed by atoms with Crippen molar-refractivity contribution >= 4 is 16.9 Å². The summed E-state index contributed by atoms with van der Waals surface area (Å²) in [5.41, 5.74) is 2.52. The Balaban J connectivity index is 1.36. The largest absolute Gasteiger partial charge is 0.497 e. The summed E-state index contributed by atoms with van der Waals surface area (Å²) in [7, 11) is 4.76. The molecule has 0 spiro atoms.